The summed E-state index contributed by atoms with van der Waals surface area (Å²) in [6.07, 6.45) is 0.968. The van der Waals surface area contributed by atoms with E-state index in [0.29, 0.717) is 37.4 Å². The van der Waals surface area contributed by atoms with Crippen molar-refractivity contribution < 1.29 is 14.2 Å². The zero-order chi connectivity index (χ0) is 13.8. The quantitative estimate of drug-likeness (QED) is 0.330. The summed E-state index contributed by atoms with van der Waals surface area (Å²) >= 11 is 0. The molecule has 104 valence electrons. The van der Waals surface area contributed by atoms with Gasteiger partial charge in [-0.1, -0.05) is 19.0 Å². The molecular formula is C11H21N3O3S. The Morgan fingerprint density at radius 1 is 1.39 bits per heavy atom. The summed E-state index contributed by atoms with van der Waals surface area (Å²) < 4.78 is 11.3. The van der Waals surface area contributed by atoms with Crippen molar-refractivity contribution in [1.29, 1.82) is 0 Å². The molecule has 1 amide bonds. The van der Waals surface area contributed by atoms with E-state index in [2.05, 4.69) is 5.16 Å². The summed E-state index contributed by atoms with van der Waals surface area (Å²) in [5.41, 5.74) is 4.76. The van der Waals surface area contributed by atoms with E-state index in [1.54, 1.807) is 4.90 Å². The van der Waals surface area contributed by atoms with E-state index in [9.17, 15) is 9.00 Å². The summed E-state index contributed by atoms with van der Waals surface area (Å²) in [4.78, 5) is 14.2. The maximum atomic E-state index is 12.5. The number of hydrogen-bond acceptors (Lipinski definition) is 4. The Kier molecular flexibility index (Phi) is 5.13. The molecule has 0 spiro atoms. The summed E-state index contributed by atoms with van der Waals surface area (Å²) in [5, 5.41) is 11.9. The van der Waals surface area contributed by atoms with Crippen molar-refractivity contribution in [2.45, 2.75) is 26.7 Å². The lowest BCUT2D eigenvalue weighted by Gasteiger charge is -2.36. The van der Waals surface area contributed by atoms with Crippen molar-refractivity contribution in [2.24, 2.45) is 16.3 Å². The van der Waals surface area contributed by atoms with Gasteiger partial charge in [0.25, 0.3) is 0 Å². The van der Waals surface area contributed by atoms with E-state index in [1.807, 2.05) is 13.8 Å². The maximum absolute atomic E-state index is 12.5. The van der Waals surface area contributed by atoms with Crippen LogP contribution in [0.15, 0.2) is 5.16 Å². The number of carbonyl (C=O) groups excluding carboxylic acids is 1. The topological polar surface area (TPSA) is 96.0 Å². The van der Waals surface area contributed by atoms with Gasteiger partial charge in [0.2, 0.25) is 5.91 Å². The van der Waals surface area contributed by atoms with Crippen molar-refractivity contribution >= 4 is 22.5 Å². The van der Waals surface area contributed by atoms with E-state index >= 15 is 0 Å². The molecule has 0 aromatic rings. The number of nitrogens with two attached hydrogens (primary N) is 1. The maximum Gasteiger partial charge on any atom is 0.236 e. The van der Waals surface area contributed by atoms with Gasteiger partial charge in [-0.3, -0.25) is 9.00 Å². The Morgan fingerprint density at radius 2 is 1.89 bits per heavy atom. The highest BCUT2D eigenvalue weighted by Gasteiger charge is 2.43. The molecule has 0 bridgehead atoms. The molecule has 1 fully saturated rings. The van der Waals surface area contributed by atoms with Crippen LogP contribution in [0.5, 0.6) is 0 Å². The number of rotatable bonds is 4. The second kappa shape index (κ2) is 6.17. The van der Waals surface area contributed by atoms with Gasteiger partial charge in [-0.25, -0.2) is 0 Å². The van der Waals surface area contributed by atoms with Crippen LogP contribution in [0.25, 0.3) is 0 Å². The van der Waals surface area contributed by atoms with E-state index < -0.39 is 16.2 Å². The third-order valence-electron chi connectivity index (χ3n) is 3.68. The van der Waals surface area contributed by atoms with E-state index in [4.69, 9.17) is 10.9 Å². The van der Waals surface area contributed by atoms with Crippen LogP contribution in [-0.4, -0.2) is 50.7 Å². The molecule has 0 aromatic carbocycles. The molecular weight excluding hydrogens is 254 g/mol. The fraction of sp³-hybridized carbons (Fsp3) is 0.818. The second-order valence-corrected chi connectivity index (χ2v) is 6.11. The molecule has 18 heavy (non-hydrogen) atoms. The van der Waals surface area contributed by atoms with Crippen LogP contribution in [0.2, 0.25) is 0 Å². The summed E-state index contributed by atoms with van der Waals surface area (Å²) in [7, 11) is -0.825. The molecule has 1 rings (SSSR count). The van der Waals surface area contributed by atoms with E-state index in [1.165, 1.54) is 0 Å². The number of amidine groups is 1. The Labute approximate surface area is 110 Å². The Morgan fingerprint density at radius 3 is 2.28 bits per heavy atom. The minimum Gasteiger partial charge on any atom is -0.409 e. The van der Waals surface area contributed by atoms with Crippen molar-refractivity contribution in [3.05, 3.63) is 0 Å². The van der Waals surface area contributed by atoms with Crippen LogP contribution in [0.4, 0.5) is 0 Å². The minimum absolute atomic E-state index is 0.0378. The highest BCUT2D eigenvalue weighted by atomic mass is 32.2. The van der Waals surface area contributed by atoms with Gasteiger partial charge in [-0.05, 0) is 12.8 Å². The number of hydrogen-bond donors (Lipinski definition) is 2. The minimum atomic E-state index is -0.937. The molecule has 1 aliphatic heterocycles. The first kappa shape index (κ1) is 14.9. The number of nitrogens with zero attached hydrogens (tertiary/aromatic N) is 2. The fourth-order valence-electron chi connectivity index (χ4n) is 2.26. The van der Waals surface area contributed by atoms with Gasteiger partial charge >= 0.3 is 0 Å². The number of carbonyl (C=O) groups is 1. The highest BCUT2D eigenvalue weighted by Crippen LogP contribution is 2.30. The predicted molar refractivity (Wildman–Crippen MR) is 70.9 cm³/mol. The first-order chi connectivity index (χ1) is 8.51. The Balaban J connectivity index is 2.93. The average Bonchev–Trinajstić information content (AvgIpc) is 2.41. The van der Waals surface area contributed by atoms with Crippen LogP contribution in [0, 0.1) is 5.41 Å². The van der Waals surface area contributed by atoms with E-state index in [-0.39, 0.29) is 11.7 Å². The molecule has 0 unspecified atom stereocenters. The molecule has 1 saturated heterocycles. The van der Waals surface area contributed by atoms with Crippen LogP contribution < -0.4 is 5.73 Å². The lowest BCUT2D eigenvalue weighted by Crippen LogP contribution is -2.54. The second-order valence-electron chi connectivity index (χ2n) is 4.41. The molecule has 7 heteroatoms. The van der Waals surface area contributed by atoms with Gasteiger partial charge in [0.15, 0.2) is 5.84 Å². The third-order valence-corrected chi connectivity index (χ3v) is 4.96. The first-order valence-corrected chi connectivity index (χ1v) is 7.63. The van der Waals surface area contributed by atoms with Crippen molar-refractivity contribution in [3.63, 3.8) is 0 Å². The van der Waals surface area contributed by atoms with Crippen molar-refractivity contribution in [1.82, 2.24) is 4.90 Å². The summed E-state index contributed by atoms with van der Waals surface area (Å²) in [5.74, 6) is 0.848. The van der Waals surface area contributed by atoms with Crippen molar-refractivity contribution in [2.75, 3.05) is 24.6 Å². The van der Waals surface area contributed by atoms with Crippen LogP contribution in [0.3, 0.4) is 0 Å². The van der Waals surface area contributed by atoms with Crippen LogP contribution in [-0.2, 0) is 15.6 Å². The monoisotopic (exact) mass is 275 g/mol. The molecule has 0 radical (unpaired) electrons. The standard InChI is InChI=1S/C11H21N3O3S/c1-3-11(4-2,9(12)13-16)10(15)14-5-7-18(17)8-6-14/h16H,3-8H2,1-2H3,(H2,12,13). The summed E-state index contributed by atoms with van der Waals surface area (Å²) in [6, 6.07) is 0. The molecule has 0 aromatic heterocycles. The molecule has 3 N–H and O–H groups in total. The fourth-order valence-corrected chi connectivity index (χ4v) is 3.32. The SMILES string of the molecule is CCC(CC)(C(=O)N1CCS(=O)CC1)C(N)=NO. The molecule has 1 aliphatic rings. The lowest BCUT2D eigenvalue weighted by atomic mass is 9.79. The van der Waals surface area contributed by atoms with Gasteiger partial charge in [-0.2, -0.15) is 0 Å². The normalized spacial score (nSPS) is 19.0. The zero-order valence-electron chi connectivity index (χ0n) is 10.9. The van der Waals surface area contributed by atoms with Gasteiger partial charge in [0.05, 0.1) is 0 Å². The van der Waals surface area contributed by atoms with E-state index in [0.717, 1.165) is 0 Å². The van der Waals surface area contributed by atoms with Crippen LogP contribution in [0.1, 0.15) is 26.7 Å². The largest absolute Gasteiger partial charge is 0.409 e. The molecule has 0 saturated carbocycles. The van der Waals surface area contributed by atoms with Gasteiger partial charge < -0.3 is 15.8 Å². The first-order valence-electron chi connectivity index (χ1n) is 6.14. The molecule has 0 aliphatic carbocycles. The molecule has 6 nitrogen and oxygen atoms in total. The van der Waals surface area contributed by atoms with Gasteiger partial charge in [0.1, 0.15) is 5.41 Å². The van der Waals surface area contributed by atoms with Gasteiger partial charge in [-0.15, -0.1) is 0 Å². The third kappa shape index (κ3) is 2.66. The predicted octanol–water partition coefficient (Wildman–Crippen LogP) is 0.130. The van der Waals surface area contributed by atoms with Crippen LogP contribution >= 0.6 is 0 Å². The highest BCUT2D eigenvalue weighted by molar-refractivity contribution is 7.85. The zero-order valence-corrected chi connectivity index (χ0v) is 11.7. The molecule has 1 heterocycles. The van der Waals surface area contributed by atoms with Crippen molar-refractivity contribution in [3.8, 4) is 0 Å². The average molecular weight is 275 g/mol. The van der Waals surface area contributed by atoms with Gasteiger partial charge in [0, 0.05) is 35.4 Å². The lowest BCUT2D eigenvalue weighted by molar-refractivity contribution is -0.138. The molecule has 0 atom stereocenters. The Bertz CT molecular complexity index is 357. The summed E-state index contributed by atoms with van der Waals surface area (Å²) in [6.45, 7) is 4.65. The Hall–Kier alpha value is -1.11. The number of amides is 1. The number of oxime groups is 1. The smallest absolute Gasteiger partial charge is 0.236 e.